The third kappa shape index (κ3) is 1.87. The van der Waals surface area contributed by atoms with Crippen molar-refractivity contribution >= 4 is 0 Å². The minimum Gasteiger partial charge on any atom is -0.311 e. The van der Waals surface area contributed by atoms with Gasteiger partial charge in [-0.15, -0.1) is 6.58 Å². The van der Waals surface area contributed by atoms with Crippen LogP contribution in [-0.4, -0.2) is 37.6 Å². The highest BCUT2D eigenvalue weighted by molar-refractivity contribution is 4.97. The maximum absolute atomic E-state index is 3.69. The highest BCUT2D eigenvalue weighted by Crippen LogP contribution is 2.35. The summed E-state index contributed by atoms with van der Waals surface area (Å²) in [5, 5.41) is 3.40. The van der Waals surface area contributed by atoms with Crippen LogP contribution in [0.5, 0.6) is 0 Å². The van der Waals surface area contributed by atoms with Crippen LogP contribution in [0.25, 0.3) is 0 Å². The molecule has 1 saturated carbocycles. The number of hydrogen-bond donors (Lipinski definition) is 1. The second-order valence-corrected chi connectivity index (χ2v) is 3.89. The number of nitrogens with zero attached hydrogens (tertiary/aromatic N) is 1. The maximum atomic E-state index is 3.69. The van der Waals surface area contributed by atoms with Gasteiger partial charge in [0.05, 0.1) is 0 Å². The van der Waals surface area contributed by atoms with Crippen molar-refractivity contribution in [2.75, 3.05) is 27.2 Å². The molecule has 1 fully saturated rings. The lowest BCUT2D eigenvalue weighted by Gasteiger charge is -2.47. The van der Waals surface area contributed by atoms with Crippen molar-refractivity contribution < 1.29 is 0 Å². The van der Waals surface area contributed by atoms with E-state index in [0.29, 0.717) is 5.54 Å². The minimum atomic E-state index is 0.447. The monoisotopic (exact) mass is 168 g/mol. The molecule has 2 nitrogen and oxygen atoms in total. The third-order valence-electron chi connectivity index (χ3n) is 2.98. The average molecular weight is 168 g/mol. The summed E-state index contributed by atoms with van der Waals surface area (Å²) in [4.78, 5) is 2.35. The summed E-state index contributed by atoms with van der Waals surface area (Å²) < 4.78 is 0. The summed E-state index contributed by atoms with van der Waals surface area (Å²) in [5.41, 5.74) is 0.447. The van der Waals surface area contributed by atoms with Gasteiger partial charge in [0, 0.05) is 18.6 Å². The first-order valence-electron chi connectivity index (χ1n) is 4.70. The summed E-state index contributed by atoms with van der Waals surface area (Å²) in [6.45, 7) is 5.72. The molecule has 0 unspecified atom stereocenters. The van der Waals surface area contributed by atoms with Gasteiger partial charge in [0.25, 0.3) is 0 Å². The van der Waals surface area contributed by atoms with Crippen LogP contribution in [-0.2, 0) is 0 Å². The quantitative estimate of drug-likeness (QED) is 0.491. The van der Waals surface area contributed by atoms with E-state index in [4.69, 9.17) is 0 Å². The van der Waals surface area contributed by atoms with E-state index >= 15 is 0 Å². The molecule has 0 heterocycles. The van der Waals surface area contributed by atoms with Crippen LogP contribution in [0.1, 0.15) is 19.3 Å². The molecule has 2 heteroatoms. The van der Waals surface area contributed by atoms with Crippen LogP contribution in [0, 0.1) is 0 Å². The fourth-order valence-electron chi connectivity index (χ4n) is 1.77. The molecule has 1 rings (SSSR count). The Kier molecular flexibility index (Phi) is 3.29. The molecule has 70 valence electrons. The van der Waals surface area contributed by atoms with E-state index in [9.17, 15) is 0 Å². The lowest BCUT2D eigenvalue weighted by atomic mass is 9.75. The van der Waals surface area contributed by atoms with Crippen LogP contribution in [0.3, 0.4) is 0 Å². The number of rotatable bonds is 5. The molecule has 0 aromatic rings. The van der Waals surface area contributed by atoms with E-state index < -0.39 is 0 Å². The van der Waals surface area contributed by atoms with Gasteiger partial charge in [-0.25, -0.2) is 0 Å². The van der Waals surface area contributed by atoms with Crippen molar-refractivity contribution in [3.05, 3.63) is 12.7 Å². The Labute approximate surface area is 75.6 Å². The van der Waals surface area contributed by atoms with Crippen molar-refractivity contribution in [2.24, 2.45) is 0 Å². The van der Waals surface area contributed by atoms with E-state index in [0.717, 1.165) is 13.1 Å². The summed E-state index contributed by atoms with van der Waals surface area (Å²) in [5.74, 6) is 0. The first-order valence-corrected chi connectivity index (χ1v) is 4.70. The van der Waals surface area contributed by atoms with E-state index in [2.05, 4.69) is 30.9 Å². The minimum absolute atomic E-state index is 0.447. The topological polar surface area (TPSA) is 15.3 Å². The zero-order valence-corrected chi connectivity index (χ0v) is 8.27. The summed E-state index contributed by atoms with van der Waals surface area (Å²) >= 11 is 0. The number of likely N-dealkylation sites (N-methyl/N-ethyl adjacent to an activating group) is 1. The van der Waals surface area contributed by atoms with Crippen molar-refractivity contribution in [3.63, 3.8) is 0 Å². The van der Waals surface area contributed by atoms with Gasteiger partial charge < -0.3 is 10.2 Å². The van der Waals surface area contributed by atoms with Gasteiger partial charge in [0.1, 0.15) is 0 Å². The molecular formula is C10H20N2. The zero-order valence-electron chi connectivity index (χ0n) is 8.27. The van der Waals surface area contributed by atoms with Crippen molar-refractivity contribution in [2.45, 2.75) is 24.8 Å². The Bertz CT molecular complexity index is 148. The van der Waals surface area contributed by atoms with Gasteiger partial charge in [0.15, 0.2) is 0 Å². The van der Waals surface area contributed by atoms with Crippen LogP contribution >= 0.6 is 0 Å². The van der Waals surface area contributed by atoms with Gasteiger partial charge in [-0.05, 0) is 33.4 Å². The van der Waals surface area contributed by atoms with Crippen LogP contribution in [0.4, 0.5) is 0 Å². The molecule has 1 aliphatic rings. The molecule has 0 aliphatic heterocycles. The highest BCUT2D eigenvalue weighted by Gasteiger charge is 2.38. The average Bonchev–Trinajstić information content (AvgIpc) is 1.94. The molecule has 1 N–H and O–H groups in total. The molecule has 0 aromatic carbocycles. The predicted molar refractivity (Wildman–Crippen MR) is 53.3 cm³/mol. The zero-order chi connectivity index (χ0) is 9.03. The number of nitrogens with one attached hydrogen (secondary N) is 1. The molecule has 0 spiro atoms. The Morgan fingerprint density at radius 2 is 2.17 bits per heavy atom. The van der Waals surface area contributed by atoms with E-state index in [1.165, 1.54) is 19.3 Å². The Morgan fingerprint density at radius 1 is 1.50 bits per heavy atom. The Balaban J connectivity index is 2.29. The largest absolute Gasteiger partial charge is 0.311 e. The van der Waals surface area contributed by atoms with Gasteiger partial charge in [-0.3, -0.25) is 0 Å². The summed E-state index contributed by atoms with van der Waals surface area (Å²) in [6.07, 6.45) is 5.98. The standard InChI is InChI=1S/C10H20N2/c1-4-8-11-9-10(12(2)3)6-5-7-10/h4,11H,1,5-9H2,2-3H3. The number of hydrogen-bond acceptors (Lipinski definition) is 2. The Morgan fingerprint density at radius 3 is 2.50 bits per heavy atom. The molecule has 1 aliphatic carbocycles. The van der Waals surface area contributed by atoms with E-state index in [1.807, 2.05) is 6.08 Å². The molecule has 12 heavy (non-hydrogen) atoms. The second kappa shape index (κ2) is 4.06. The molecule has 0 aromatic heterocycles. The fraction of sp³-hybridized carbons (Fsp3) is 0.800. The third-order valence-corrected chi connectivity index (χ3v) is 2.98. The first-order chi connectivity index (χ1) is 5.71. The lowest BCUT2D eigenvalue weighted by molar-refractivity contribution is 0.0612. The normalized spacial score (nSPS) is 20.6. The molecule has 0 atom stereocenters. The SMILES string of the molecule is C=CCNCC1(N(C)C)CCC1. The van der Waals surface area contributed by atoms with E-state index in [1.54, 1.807) is 0 Å². The molecular weight excluding hydrogens is 148 g/mol. The summed E-state index contributed by atoms with van der Waals surface area (Å²) in [7, 11) is 4.35. The molecule has 0 saturated heterocycles. The fourth-order valence-corrected chi connectivity index (χ4v) is 1.77. The van der Waals surface area contributed by atoms with Crippen LogP contribution in [0.15, 0.2) is 12.7 Å². The van der Waals surface area contributed by atoms with Crippen molar-refractivity contribution in [1.82, 2.24) is 10.2 Å². The maximum Gasteiger partial charge on any atom is 0.0328 e. The van der Waals surface area contributed by atoms with Crippen LogP contribution < -0.4 is 5.32 Å². The second-order valence-electron chi connectivity index (χ2n) is 3.89. The molecule has 0 amide bonds. The van der Waals surface area contributed by atoms with Gasteiger partial charge >= 0.3 is 0 Å². The van der Waals surface area contributed by atoms with Gasteiger partial charge in [-0.1, -0.05) is 6.08 Å². The van der Waals surface area contributed by atoms with Crippen LogP contribution in [0.2, 0.25) is 0 Å². The molecule has 0 radical (unpaired) electrons. The van der Waals surface area contributed by atoms with Crippen molar-refractivity contribution in [3.8, 4) is 0 Å². The first kappa shape index (κ1) is 9.75. The molecule has 0 bridgehead atoms. The lowest BCUT2D eigenvalue weighted by Crippen LogP contribution is -2.56. The Hall–Kier alpha value is -0.340. The van der Waals surface area contributed by atoms with Gasteiger partial charge in [0.2, 0.25) is 0 Å². The highest BCUT2D eigenvalue weighted by atomic mass is 15.2. The van der Waals surface area contributed by atoms with Crippen molar-refractivity contribution in [1.29, 1.82) is 0 Å². The van der Waals surface area contributed by atoms with E-state index in [-0.39, 0.29) is 0 Å². The summed E-state index contributed by atoms with van der Waals surface area (Å²) in [6, 6.07) is 0. The predicted octanol–water partition coefficient (Wildman–Crippen LogP) is 1.25. The smallest absolute Gasteiger partial charge is 0.0328 e. The van der Waals surface area contributed by atoms with Gasteiger partial charge in [-0.2, -0.15) is 0 Å².